The van der Waals surface area contributed by atoms with Crippen molar-refractivity contribution in [3.63, 3.8) is 0 Å². The molecular weight excluding hydrogens is 565 g/mol. The second-order valence-corrected chi connectivity index (χ2v) is 11.6. The predicted octanol–water partition coefficient (Wildman–Crippen LogP) is 1.97. The number of aliphatic hydroxyl groups is 1. The number of ether oxygens (including phenoxy) is 2. The number of aliphatic hydroxyl groups excluding tert-OH is 1. The van der Waals surface area contributed by atoms with E-state index in [9.17, 15) is 27.5 Å². The van der Waals surface area contributed by atoms with E-state index in [0.29, 0.717) is 18.8 Å². The number of hydrogen-bond donors (Lipinski definition) is 2. The van der Waals surface area contributed by atoms with Gasteiger partial charge in [-0.25, -0.2) is 12.8 Å². The summed E-state index contributed by atoms with van der Waals surface area (Å²) in [5.74, 6) is -1.12. The highest BCUT2D eigenvalue weighted by molar-refractivity contribution is 7.89. The minimum absolute atomic E-state index is 0.00322. The molecule has 1 saturated heterocycles. The molecule has 1 aliphatic rings. The summed E-state index contributed by atoms with van der Waals surface area (Å²) in [6.45, 7) is 0.526. The van der Waals surface area contributed by atoms with E-state index in [1.165, 1.54) is 57.7 Å². The van der Waals surface area contributed by atoms with Gasteiger partial charge in [-0.15, -0.1) is 0 Å². The summed E-state index contributed by atoms with van der Waals surface area (Å²) in [4.78, 5) is 28.3. The maximum Gasteiger partial charge on any atom is 0.261 e. The Morgan fingerprint density at radius 3 is 2.29 bits per heavy atom. The molecule has 3 aromatic carbocycles. The van der Waals surface area contributed by atoms with Crippen LogP contribution >= 0.6 is 0 Å². The molecule has 2 N–H and O–H groups in total. The summed E-state index contributed by atoms with van der Waals surface area (Å²) in [6.07, 6.45) is 0.194. The lowest BCUT2D eigenvalue weighted by Gasteiger charge is -2.31. The van der Waals surface area contributed by atoms with E-state index >= 15 is 0 Å². The van der Waals surface area contributed by atoms with Crippen molar-refractivity contribution in [3.8, 4) is 5.75 Å². The van der Waals surface area contributed by atoms with Crippen LogP contribution < -0.4 is 10.1 Å². The van der Waals surface area contributed by atoms with Gasteiger partial charge in [-0.1, -0.05) is 42.5 Å². The SMILES string of the molecule is O=C(NCCO)[C@H](Cc1ccccc1)N(Cc1ccc(F)cc1)C(=O)COc1ccc(S(=O)(=O)N2CCOCC2)cc1. The second kappa shape index (κ2) is 14.9. The third kappa shape index (κ3) is 8.35. The normalized spacial score (nSPS) is 14.6. The zero-order valence-electron chi connectivity index (χ0n) is 23.0. The summed E-state index contributed by atoms with van der Waals surface area (Å²) in [5.41, 5.74) is 1.42. The molecule has 0 unspecified atom stereocenters. The van der Waals surface area contributed by atoms with Gasteiger partial charge in [0.05, 0.1) is 24.7 Å². The van der Waals surface area contributed by atoms with Gasteiger partial charge in [0.15, 0.2) is 6.61 Å². The average Bonchev–Trinajstić information content (AvgIpc) is 3.02. The van der Waals surface area contributed by atoms with Gasteiger partial charge in [0.2, 0.25) is 15.9 Å². The number of nitrogens with one attached hydrogen (secondary N) is 1. The fourth-order valence-corrected chi connectivity index (χ4v) is 5.92. The molecule has 224 valence electrons. The Morgan fingerprint density at radius 1 is 0.976 bits per heavy atom. The molecule has 4 rings (SSSR count). The standard InChI is InChI=1S/C30H34FN3O7S/c31-25-8-6-24(7-9-25)21-34(28(30(37)32-14-17-35)20-23-4-2-1-3-5-23)29(36)22-41-26-10-12-27(13-11-26)42(38,39)33-15-18-40-19-16-33/h1-13,28,35H,14-22H2,(H,32,37)/t28-/m0/s1. The topological polar surface area (TPSA) is 125 Å². The summed E-state index contributed by atoms with van der Waals surface area (Å²) < 4.78 is 51.7. The van der Waals surface area contributed by atoms with Gasteiger partial charge in [0.25, 0.3) is 5.91 Å². The Hall–Kier alpha value is -3.84. The first-order valence-corrected chi connectivity index (χ1v) is 15.0. The second-order valence-electron chi connectivity index (χ2n) is 9.64. The Morgan fingerprint density at radius 2 is 1.64 bits per heavy atom. The van der Waals surface area contributed by atoms with Crippen LogP contribution in [0.25, 0.3) is 0 Å². The van der Waals surface area contributed by atoms with Crippen molar-refractivity contribution in [2.45, 2.75) is 23.9 Å². The Balaban J connectivity index is 1.53. The first-order chi connectivity index (χ1) is 20.3. The quantitative estimate of drug-likeness (QED) is 0.308. The summed E-state index contributed by atoms with van der Waals surface area (Å²) >= 11 is 0. The van der Waals surface area contributed by atoms with Crippen molar-refractivity contribution in [2.75, 3.05) is 46.1 Å². The fourth-order valence-electron chi connectivity index (χ4n) is 4.51. The first kappa shape index (κ1) is 31.1. The van der Waals surface area contributed by atoms with Crippen LogP contribution in [0.5, 0.6) is 5.75 Å². The van der Waals surface area contributed by atoms with E-state index in [1.807, 2.05) is 30.3 Å². The molecule has 12 heteroatoms. The zero-order valence-corrected chi connectivity index (χ0v) is 23.8. The largest absolute Gasteiger partial charge is 0.484 e. The molecule has 1 aliphatic heterocycles. The Kier molecular flexibility index (Phi) is 11.0. The van der Waals surface area contributed by atoms with Crippen LogP contribution in [0.3, 0.4) is 0 Å². The smallest absolute Gasteiger partial charge is 0.261 e. The van der Waals surface area contributed by atoms with Gasteiger partial charge in [-0.05, 0) is 47.5 Å². The average molecular weight is 600 g/mol. The lowest BCUT2D eigenvalue weighted by molar-refractivity contribution is -0.142. The molecule has 0 aliphatic carbocycles. The molecule has 1 heterocycles. The van der Waals surface area contributed by atoms with E-state index in [1.54, 1.807) is 0 Å². The number of morpholine rings is 1. The van der Waals surface area contributed by atoms with Crippen LogP contribution in [0.4, 0.5) is 4.39 Å². The van der Waals surface area contributed by atoms with Gasteiger partial charge in [0.1, 0.15) is 17.6 Å². The maximum atomic E-state index is 13.6. The van der Waals surface area contributed by atoms with E-state index in [2.05, 4.69) is 5.32 Å². The van der Waals surface area contributed by atoms with Crippen LogP contribution in [0.15, 0.2) is 83.8 Å². The van der Waals surface area contributed by atoms with Crippen molar-refractivity contribution in [1.29, 1.82) is 0 Å². The van der Waals surface area contributed by atoms with Crippen molar-refractivity contribution in [2.24, 2.45) is 0 Å². The zero-order chi connectivity index (χ0) is 30.0. The molecule has 1 atom stereocenters. The Labute approximate surface area is 244 Å². The van der Waals surface area contributed by atoms with Crippen molar-refractivity contribution < 1.29 is 37.0 Å². The highest BCUT2D eigenvalue weighted by Crippen LogP contribution is 2.21. The van der Waals surface area contributed by atoms with Crippen LogP contribution in [-0.4, -0.2) is 86.6 Å². The van der Waals surface area contributed by atoms with Crippen LogP contribution in [0, 0.1) is 5.82 Å². The first-order valence-electron chi connectivity index (χ1n) is 13.5. The Bertz CT molecular complexity index is 1420. The highest BCUT2D eigenvalue weighted by Gasteiger charge is 2.31. The number of nitrogens with zero attached hydrogens (tertiary/aromatic N) is 2. The molecule has 0 radical (unpaired) electrons. The van der Waals surface area contributed by atoms with Gasteiger partial charge in [0, 0.05) is 32.6 Å². The van der Waals surface area contributed by atoms with E-state index in [-0.39, 0.29) is 49.9 Å². The lowest BCUT2D eigenvalue weighted by atomic mass is 10.0. The van der Waals surface area contributed by atoms with Crippen molar-refractivity contribution in [3.05, 3.63) is 95.8 Å². The number of hydrogen-bond acceptors (Lipinski definition) is 7. The summed E-state index contributed by atoms with van der Waals surface area (Å²) in [7, 11) is -3.69. The third-order valence-electron chi connectivity index (χ3n) is 6.74. The highest BCUT2D eigenvalue weighted by atomic mass is 32.2. The molecule has 3 aromatic rings. The van der Waals surface area contributed by atoms with E-state index < -0.39 is 40.3 Å². The van der Waals surface area contributed by atoms with Crippen LogP contribution in [-0.2, 0) is 37.3 Å². The molecule has 0 saturated carbocycles. The number of amides is 2. The number of carbonyl (C=O) groups is 2. The summed E-state index contributed by atoms with van der Waals surface area (Å²) in [5, 5.41) is 11.9. The maximum absolute atomic E-state index is 13.6. The number of halogens is 1. The minimum atomic E-state index is -3.69. The minimum Gasteiger partial charge on any atom is -0.484 e. The summed E-state index contributed by atoms with van der Waals surface area (Å²) in [6, 6.07) is 19.6. The molecule has 1 fully saturated rings. The predicted molar refractivity (Wildman–Crippen MR) is 152 cm³/mol. The van der Waals surface area contributed by atoms with Crippen molar-refractivity contribution in [1.82, 2.24) is 14.5 Å². The lowest BCUT2D eigenvalue weighted by Crippen LogP contribution is -2.52. The molecule has 2 amide bonds. The molecular formula is C30H34FN3O7S. The van der Waals surface area contributed by atoms with Gasteiger partial charge >= 0.3 is 0 Å². The van der Waals surface area contributed by atoms with Crippen LogP contribution in [0.1, 0.15) is 11.1 Å². The fraction of sp³-hybridized carbons (Fsp3) is 0.333. The van der Waals surface area contributed by atoms with Gasteiger partial charge in [-0.3, -0.25) is 9.59 Å². The molecule has 0 aromatic heterocycles. The molecule has 0 spiro atoms. The van der Waals surface area contributed by atoms with E-state index in [4.69, 9.17) is 9.47 Å². The van der Waals surface area contributed by atoms with E-state index in [0.717, 1.165) is 5.56 Å². The number of carbonyl (C=O) groups excluding carboxylic acids is 2. The number of benzene rings is 3. The monoisotopic (exact) mass is 599 g/mol. The number of sulfonamides is 1. The molecule has 0 bridgehead atoms. The number of rotatable bonds is 13. The molecule has 42 heavy (non-hydrogen) atoms. The van der Waals surface area contributed by atoms with Crippen LogP contribution in [0.2, 0.25) is 0 Å². The molecule has 10 nitrogen and oxygen atoms in total. The van der Waals surface area contributed by atoms with Crippen molar-refractivity contribution >= 4 is 21.8 Å². The van der Waals surface area contributed by atoms with Gasteiger partial charge in [-0.2, -0.15) is 4.31 Å². The van der Waals surface area contributed by atoms with Gasteiger partial charge < -0.3 is 24.8 Å². The third-order valence-corrected chi connectivity index (χ3v) is 8.66.